The highest BCUT2D eigenvalue weighted by Crippen LogP contribution is 2.38. The van der Waals surface area contributed by atoms with Gasteiger partial charge in [-0.3, -0.25) is 4.57 Å². The van der Waals surface area contributed by atoms with E-state index in [1.54, 1.807) is 4.57 Å². The van der Waals surface area contributed by atoms with Crippen molar-refractivity contribution in [2.24, 2.45) is 0 Å². The van der Waals surface area contributed by atoms with Crippen LogP contribution in [0.4, 0.5) is 5.82 Å². The smallest absolute Gasteiger partial charge is 0.252 e. The van der Waals surface area contributed by atoms with Crippen molar-refractivity contribution < 1.29 is 19.1 Å². The fourth-order valence-corrected chi connectivity index (χ4v) is 12.1. The molecule has 2 aromatic carbocycles. The number of ether oxygens (including phenoxy) is 1. The van der Waals surface area contributed by atoms with Crippen molar-refractivity contribution in [1.29, 1.82) is 0 Å². The van der Waals surface area contributed by atoms with E-state index in [4.69, 9.17) is 14.6 Å². The molecular weight excluding hydrogens is 490 g/mol. The molecule has 0 amide bonds. The van der Waals surface area contributed by atoms with Gasteiger partial charge in [-0.1, -0.05) is 81.4 Å². The predicted octanol–water partition coefficient (Wildman–Crippen LogP) is 1.18. The Morgan fingerprint density at radius 1 is 0.944 bits per heavy atom. The van der Waals surface area contributed by atoms with E-state index in [1.165, 1.54) is 12.7 Å². The summed E-state index contributed by atoms with van der Waals surface area (Å²) in [5.74, 6) is 0.236. The van der Waals surface area contributed by atoms with Gasteiger partial charge in [0.2, 0.25) is 8.32 Å². The fraction of sp³-hybridized carbons (Fsp3) is 0.320. The summed E-state index contributed by atoms with van der Waals surface area (Å²) < 4.78 is 14.7. The molecule has 36 heavy (non-hydrogen) atoms. The molecule has 0 unspecified atom stereocenters. The van der Waals surface area contributed by atoms with Gasteiger partial charge < -0.3 is 24.8 Å². The van der Waals surface area contributed by atoms with Gasteiger partial charge in [0.15, 0.2) is 17.7 Å². The molecule has 5 rings (SSSR count). The minimum Gasteiger partial charge on any atom is -0.447 e. The number of aliphatic hydroxyl groups excluding tert-OH is 2. The van der Waals surface area contributed by atoms with E-state index < -0.39 is 32.5 Å². The summed E-state index contributed by atoms with van der Waals surface area (Å²) in [6.07, 6.45) is -0.411. The monoisotopic (exact) mass is 519 g/mol. The number of hydrogen-bond donors (Lipinski definition) is 3. The zero-order valence-electron chi connectivity index (χ0n) is 20.3. The second-order valence-corrected chi connectivity index (χ2v) is 15.5. The Hall–Kier alpha value is -2.94. The van der Waals surface area contributed by atoms with Gasteiger partial charge in [-0.25, -0.2) is 15.0 Å². The number of aliphatic hydroxyl groups is 2. The van der Waals surface area contributed by atoms with Gasteiger partial charge in [0, 0.05) is 0 Å². The summed E-state index contributed by atoms with van der Waals surface area (Å²) in [5, 5.41) is 23.9. The lowest BCUT2D eigenvalue weighted by molar-refractivity contribution is -0.0214. The zero-order valence-corrected chi connectivity index (χ0v) is 22.3. The molecule has 2 radical (unpaired) electrons. The predicted molar refractivity (Wildman–Crippen MR) is 140 cm³/mol. The third-order valence-corrected chi connectivity index (χ3v) is 13.5. The molecule has 4 atom stereocenters. The molecule has 11 heteroatoms. The molecule has 1 fully saturated rings. The molecular formula is C25H29N5O4Si2. The minimum atomic E-state index is -2.82. The Balaban J connectivity index is 1.48. The van der Waals surface area contributed by atoms with Crippen molar-refractivity contribution in [3.05, 3.63) is 73.3 Å². The highest BCUT2D eigenvalue weighted by Gasteiger charge is 2.52. The number of benzene rings is 2. The SMILES string of the molecule is CC(C)(C)[Si](O[Si][C@H]1O[C@@H](n2cnc3c(N)ncnc32)[C@H](O)[C@@H]1O)(c1ccccc1)c1ccccc1. The lowest BCUT2D eigenvalue weighted by atomic mass is 10.2. The highest BCUT2D eigenvalue weighted by atomic mass is 28.4. The first-order valence-electron chi connectivity index (χ1n) is 11.7. The van der Waals surface area contributed by atoms with E-state index in [-0.39, 0.29) is 20.6 Å². The van der Waals surface area contributed by atoms with E-state index in [9.17, 15) is 10.2 Å². The van der Waals surface area contributed by atoms with Crippen LogP contribution in [0.2, 0.25) is 5.04 Å². The van der Waals surface area contributed by atoms with Gasteiger partial charge in [-0.05, 0) is 15.4 Å². The molecule has 1 saturated heterocycles. The van der Waals surface area contributed by atoms with Crippen LogP contribution in [0.25, 0.3) is 11.2 Å². The van der Waals surface area contributed by atoms with Crippen molar-refractivity contribution in [1.82, 2.24) is 19.5 Å². The third-order valence-electron chi connectivity index (χ3n) is 6.64. The standard InChI is InChI=1S/C25H29N5O4Si2/c1-25(2,3)36(16-10-6-4-7-11-16,17-12-8-5-9-13-17)34-35-24-20(32)19(31)23(33-24)30-15-29-18-21(26)27-14-28-22(18)30/h4-15,19-20,23-24,31-32H,1-3H3,(H2,26,27,28)/t19-,20+,23-,24-/m1/s1. The fourth-order valence-electron chi connectivity index (χ4n) is 4.84. The normalized spacial score (nSPS) is 22.8. The molecule has 0 saturated carbocycles. The van der Waals surface area contributed by atoms with Crippen LogP contribution in [0.1, 0.15) is 27.0 Å². The average molecular weight is 520 g/mol. The Labute approximate surface area is 213 Å². The van der Waals surface area contributed by atoms with Crippen molar-refractivity contribution in [3.63, 3.8) is 0 Å². The first kappa shape index (κ1) is 24.7. The molecule has 0 spiro atoms. The molecule has 9 nitrogen and oxygen atoms in total. The lowest BCUT2D eigenvalue weighted by Gasteiger charge is -2.43. The second kappa shape index (κ2) is 9.50. The van der Waals surface area contributed by atoms with Crippen LogP contribution in [-0.2, 0) is 8.85 Å². The van der Waals surface area contributed by atoms with Crippen LogP contribution in [-0.4, -0.2) is 65.7 Å². The van der Waals surface area contributed by atoms with E-state index in [0.717, 1.165) is 10.4 Å². The Morgan fingerprint density at radius 3 is 2.14 bits per heavy atom. The number of fused-ring (bicyclic) bond motifs is 1. The van der Waals surface area contributed by atoms with Gasteiger partial charge in [-0.15, -0.1) is 0 Å². The molecule has 0 bridgehead atoms. The van der Waals surface area contributed by atoms with Crippen LogP contribution in [0.3, 0.4) is 0 Å². The number of nitrogens with zero attached hydrogens (tertiary/aromatic N) is 4. The number of anilines is 1. The molecule has 4 aromatic rings. The number of aromatic nitrogens is 4. The molecule has 3 heterocycles. The summed E-state index contributed by atoms with van der Waals surface area (Å²) in [6.45, 7) is 6.57. The van der Waals surface area contributed by atoms with Gasteiger partial charge in [-0.2, -0.15) is 0 Å². The minimum absolute atomic E-state index is 0.219. The van der Waals surface area contributed by atoms with Crippen LogP contribution in [0, 0.1) is 0 Å². The van der Waals surface area contributed by atoms with Crippen LogP contribution in [0.5, 0.6) is 0 Å². The third kappa shape index (κ3) is 4.07. The Morgan fingerprint density at radius 2 is 1.56 bits per heavy atom. The first-order chi connectivity index (χ1) is 17.2. The number of rotatable bonds is 6. The number of hydrogen-bond acceptors (Lipinski definition) is 8. The Bertz CT molecular complexity index is 1290. The zero-order chi connectivity index (χ0) is 25.5. The maximum Gasteiger partial charge on any atom is 0.252 e. The van der Waals surface area contributed by atoms with Gasteiger partial charge >= 0.3 is 0 Å². The van der Waals surface area contributed by atoms with Gasteiger partial charge in [0.05, 0.1) is 6.33 Å². The summed E-state index contributed by atoms with van der Waals surface area (Å²) >= 11 is 0. The Kier molecular flexibility index (Phi) is 6.53. The maximum atomic E-state index is 11.0. The average Bonchev–Trinajstić information content (AvgIpc) is 3.42. The van der Waals surface area contributed by atoms with Crippen LogP contribution in [0.15, 0.2) is 73.3 Å². The molecule has 2 aromatic heterocycles. The first-order valence-corrected chi connectivity index (χ1v) is 14.6. The van der Waals surface area contributed by atoms with Crippen LogP contribution < -0.4 is 16.1 Å². The molecule has 1 aliphatic rings. The topological polar surface area (TPSA) is 129 Å². The largest absolute Gasteiger partial charge is 0.447 e. The number of nitrogen functional groups attached to an aromatic ring is 1. The van der Waals surface area contributed by atoms with Gasteiger partial charge in [0.25, 0.3) is 9.76 Å². The molecule has 1 aliphatic heterocycles. The molecule has 4 N–H and O–H groups in total. The summed E-state index contributed by atoms with van der Waals surface area (Å²) in [4.78, 5) is 12.5. The van der Waals surface area contributed by atoms with Crippen molar-refractivity contribution >= 4 is 45.4 Å². The maximum absolute atomic E-state index is 11.0. The van der Waals surface area contributed by atoms with Gasteiger partial charge in [0.1, 0.15) is 29.8 Å². The number of imidazole rings is 1. The van der Waals surface area contributed by atoms with E-state index in [1.807, 2.05) is 36.4 Å². The lowest BCUT2D eigenvalue weighted by Crippen LogP contribution is -2.67. The number of nitrogens with two attached hydrogens (primary N) is 1. The van der Waals surface area contributed by atoms with Crippen molar-refractivity contribution in [2.75, 3.05) is 5.73 Å². The molecule has 186 valence electrons. The highest BCUT2D eigenvalue weighted by molar-refractivity contribution is 7.01. The van der Waals surface area contributed by atoms with E-state index >= 15 is 0 Å². The summed E-state index contributed by atoms with van der Waals surface area (Å²) in [5.41, 5.74) is 6.02. The van der Waals surface area contributed by atoms with Crippen LogP contribution >= 0.6 is 0 Å². The van der Waals surface area contributed by atoms with Crippen molar-refractivity contribution in [2.45, 2.75) is 50.0 Å². The second-order valence-electron chi connectivity index (χ2n) is 9.89. The molecule has 0 aliphatic carbocycles. The van der Waals surface area contributed by atoms with E-state index in [0.29, 0.717) is 11.2 Å². The van der Waals surface area contributed by atoms with Crippen molar-refractivity contribution in [3.8, 4) is 0 Å². The summed E-state index contributed by atoms with van der Waals surface area (Å²) in [6, 6.07) is 20.5. The van der Waals surface area contributed by atoms with E-state index in [2.05, 4.69) is 60.0 Å². The quantitative estimate of drug-likeness (QED) is 0.324. The summed E-state index contributed by atoms with van der Waals surface area (Å²) in [7, 11) is -3.04.